The first-order valence-electron chi connectivity index (χ1n) is 6.68. The second-order valence-corrected chi connectivity index (χ2v) is 7.23. The first kappa shape index (κ1) is 17.6. The Morgan fingerprint density at radius 2 is 1.87 bits per heavy atom. The monoisotopic (exact) mass is 400 g/mol. The summed E-state index contributed by atoms with van der Waals surface area (Å²) >= 11 is 3.17. The van der Waals surface area contributed by atoms with Gasteiger partial charge in [-0.3, -0.25) is 4.79 Å². The maximum absolute atomic E-state index is 13.0. The number of anilines is 1. The fourth-order valence-electron chi connectivity index (χ4n) is 1.83. The van der Waals surface area contributed by atoms with Crippen LogP contribution >= 0.6 is 15.9 Å². The summed E-state index contributed by atoms with van der Waals surface area (Å²) in [5.41, 5.74) is 0.323. The van der Waals surface area contributed by atoms with Gasteiger partial charge in [0, 0.05) is 23.1 Å². The van der Waals surface area contributed by atoms with Crippen molar-refractivity contribution in [2.24, 2.45) is 0 Å². The van der Waals surface area contributed by atoms with Gasteiger partial charge in [0.25, 0.3) is 0 Å². The molecule has 0 aromatic heterocycles. The summed E-state index contributed by atoms with van der Waals surface area (Å²) in [5.74, 6) is -0.872. The van der Waals surface area contributed by atoms with Gasteiger partial charge in [0.05, 0.1) is 4.90 Å². The quantitative estimate of drug-likeness (QED) is 0.782. The molecular weight excluding hydrogens is 387 g/mol. The molecule has 8 heteroatoms. The van der Waals surface area contributed by atoms with Crippen molar-refractivity contribution in [3.8, 4) is 0 Å². The first-order valence-corrected chi connectivity index (χ1v) is 8.96. The minimum atomic E-state index is -3.70. The minimum Gasteiger partial charge on any atom is -0.326 e. The van der Waals surface area contributed by atoms with Crippen LogP contribution in [0, 0.1) is 5.82 Å². The molecule has 2 aromatic carbocycles. The van der Waals surface area contributed by atoms with Crippen molar-refractivity contribution in [2.45, 2.75) is 11.3 Å². The van der Waals surface area contributed by atoms with Crippen molar-refractivity contribution in [3.05, 3.63) is 58.8 Å². The number of carbonyl (C=O) groups is 1. The van der Waals surface area contributed by atoms with Gasteiger partial charge in [-0.05, 0) is 46.3 Å². The molecule has 0 aliphatic rings. The average molecular weight is 401 g/mol. The Kier molecular flexibility index (Phi) is 5.86. The lowest BCUT2D eigenvalue weighted by Gasteiger charge is -2.09. The van der Waals surface area contributed by atoms with Crippen LogP contribution in [0.15, 0.2) is 57.9 Å². The lowest BCUT2D eigenvalue weighted by molar-refractivity contribution is -0.116. The van der Waals surface area contributed by atoms with Crippen LogP contribution in [0.1, 0.15) is 6.42 Å². The smallest absolute Gasteiger partial charge is 0.241 e. The van der Waals surface area contributed by atoms with E-state index in [1.807, 2.05) is 0 Å². The van der Waals surface area contributed by atoms with E-state index in [0.717, 1.165) is 0 Å². The molecule has 0 heterocycles. The number of halogens is 2. The summed E-state index contributed by atoms with van der Waals surface area (Å²) in [7, 11) is -3.70. The average Bonchev–Trinajstić information content (AvgIpc) is 2.47. The molecule has 122 valence electrons. The van der Waals surface area contributed by atoms with Gasteiger partial charge < -0.3 is 5.32 Å². The van der Waals surface area contributed by atoms with Gasteiger partial charge in [0.15, 0.2) is 0 Å². The normalized spacial score (nSPS) is 11.2. The van der Waals surface area contributed by atoms with Crippen LogP contribution in [-0.4, -0.2) is 20.9 Å². The number of hydrogen-bond acceptors (Lipinski definition) is 3. The predicted octanol–water partition coefficient (Wildman–Crippen LogP) is 2.90. The Bertz CT molecular complexity index is 812. The van der Waals surface area contributed by atoms with Crippen molar-refractivity contribution < 1.29 is 17.6 Å². The van der Waals surface area contributed by atoms with Crippen LogP contribution in [0.25, 0.3) is 0 Å². The SMILES string of the molecule is O=C(CCNS(=O)(=O)c1ccccc1Br)Nc1cccc(F)c1. The fraction of sp³-hybridized carbons (Fsp3) is 0.133. The molecule has 2 N–H and O–H groups in total. The van der Waals surface area contributed by atoms with Gasteiger partial charge in [0.1, 0.15) is 5.82 Å². The van der Waals surface area contributed by atoms with Gasteiger partial charge in [-0.2, -0.15) is 0 Å². The number of nitrogens with one attached hydrogen (secondary N) is 2. The minimum absolute atomic E-state index is 0.0647. The molecule has 0 saturated heterocycles. The first-order chi connectivity index (χ1) is 10.9. The second kappa shape index (κ2) is 7.67. The van der Waals surface area contributed by atoms with Crippen molar-refractivity contribution >= 4 is 37.5 Å². The van der Waals surface area contributed by atoms with Gasteiger partial charge in [-0.1, -0.05) is 18.2 Å². The third-order valence-electron chi connectivity index (χ3n) is 2.88. The fourth-order valence-corrected chi connectivity index (χ4v) is 3.86. The lowest BCUT2D eigenvalue weighted by Crippen LogP contribution is -2.28. The molecule has 5 nitrogen and oxygen atoms in total. The highest BCUT2D eigenvalue weighted by Crippen LogP contribution is 2.20. The highest BCUT2D eigenvalue weighted by Gasteiger charge is 2.16. The molecule has 0 fully saturated rings. The maximum Gasteiger partial charge on any atom is 0.241 e. The highest BCUT2D eigenvalue weighted by atomic mass is 79.9. The van der Waals surface area contributed by atoms with Crippen LogP contribution in [0.4, 0.5) is 10.1 Å². The molecule has 2 rings (SSSR count). The summed E-state index contributed by atoms with van der Waals surface area (Å²) in [4.78, 5) is 11.8. The topological polar surface area (TPSA) is 75.3 Å². The third kappa shape index (κ3) is 5.12. The van der Waals surface area contributed by atoms with Crippen molar-refractivity contribution in [1.82, 2.24) is 4.72 Å². The summed E-state index contributed by atoms with van der Waals surface area (Å²) in [5, 5.41) is 2.50. The molecule has 0 aliphatic heterocycles. The van der Waals surface area contributed by atoms with E-state index in [9.17, 15) is 17.6 Å². The van der Waals surface area contributed by atoms with E-state index in [-0.39, 0.29) is 17.9 Å². The van der Waals surface area contributed by atoms with E-state index in [2.05, 4.69) is 26.0 Å². The zero-order valence-corrected chi connectivity index (χ0v) is 14.3. The summed E-state index contributed by atoms with van der Waals surface area (Å²) in [6.45, 7) is -0.0647. The van der Waals surface area contributed by atoms with Crippen molar-refractivity contribution in [2.75, 3.05) is 11.9 Å². The molecule has 0 saturated carbocycles. The van der Waals surface area contributed by atoms with Gasteiger partial charge in [-0.15, -0.1) is 0 Å². The Balaban J connectivity index is 1.89. The Morgan fingerprint density at radius 1 is 1.13 bits per heavy atom. The standard InChI is InChI=1S/C15H14BrFN2O3S/c16-13-6-1-2-7-14(13)23(21,22)18-9-8-15(20)19-12-5-3-4-11(17)10-12/h1-7,10,18H,8-9H2,(H,19,20). The molecule has 0 spiro atoms. The second-order valence-electron chi connectivity index (χ2n) is 4.64. The zero-order valence-electron chi connectivity index (χ0n) is 11.9. The number of rotatable bonds is 6. The highest BCUT2D eigenvalue weighted by molar-refractivity contribution is 9.10. The van der Waals surface area contributed by atoms with E-state index in [4.69, 9.17) is 0 Å². The van der Waals surface area contributed by atoms with E-state index in [1.54, 1.807) is 24.3 Å². The van der Waals surface area contributed by atoms with Crippen LogP contribution < -0.4 is 10.0 Å². The Hall–Kier alpha value is -1.77. The molecule has 0 atom stereocenters. The van der Waals surface area contributed by atoms with E-state index >= 15 is 0 Å². The number of amides is 1. The molecule has 0 unspecified atom stereocenters. The summed E-state index contributed by atoms with van der Waals surface area (Å²) in [6, 6.07) is 11.9. The lowest BCUT2D eigenvalue weighted by atomic mass is 10.3. The summed E-state index contributed by atoms with van der Waals surface area (Å²) < 4.78 is 40.0. The molecule has 0 radical (unpaired) electrons. The van der Waals surface area contributed by atoms with Gasteiger partial charge >= 0.3 is 0 Å². The number of benzene rings is 2. The molecule has 2 aromatic rings. The largest absolute Gasteiger partial charge is 0.326 e. The number of hydrogen-bond donors (Lipinski definition) is 2. The molecule has 0 aliphatic carbocycles. The Morgan fingerprint density at radius 3 is 2.57 bits per heavy atom. The number of sulfonamides is 1. The van der Waals surface area contributed by atoms with Crippen LogP contribution in [0.3, 0.4) is 0 Å². The predicted molar refractivity (Wildman–Crippen MR) is 89.0 cm³/mol. The van der Waals surface area contributed by atoms with Crippen LogP contribution in [0.5, 0.6) is 0 Å². The van der Waals surface area contributed by atoms with Gasteiger partial charge in [0.2, 0.25) is 15.9 Å². The molecule has 0 bridgehead atoms. The molecule has 1 amide bonds. The van der Waals surface area contributed by atoms with E-state index in [0.29, 0.717) is 10.2 Å². The van der Waals surface area contributed by atoms with Crippen LogP contribution in [0.2, 0.25) is 0 Å². The van der Waals surface area contributed by atoms with Crippen LogP contribution in [-0.2, 0) is 14.8 Å². The maximum atomic E-state index is 13.0. The zero-order chi connectivity index (χ0) is 16.9. The number of carbonyl (C=O) groups excluding carboxylic acids is 1. The molecular formula is C15H14BrFN2O3S. The van der Waals surface area contributed by atoms with Gasteiger partial charge in [-0.25, -0.2) is 17.5 Å². The third-order valence-corrected chi connectivity index (χ3v) is 5.35. The van der Waals surface area contributed by atoms with Crippen molar-refractivity contribution in [3.63, 3.8) is 0 Å². The molecule has 23 heavy (non-hydrogen) atoms. The van der Waals surface area contributed by atoms with E-state index < -0.39 is 21.7 Å². The van der Waals surface area contributed by atoms with E-state index in [1.165, 1.54) is 24.3 Å². The summed E-state index contributed by atoms with van der Waals surface area (Å²) in [6.07, 6.45) is -0.0693. The van der Waals surface area contributed by atoms with Crippen molar-refractivity contribution in [1.29, 1.82) is 0 Å². The Labute approximate surface area is 142 Å².